The van der Waals surface area contributed by atoms with E-state index in [2.05, 4.69) is 28.5 Å². The fraction of sp³-hybridized carbons (Fsp3) is 0.357. The normalized spacial score (nSPS) is 15.1. The van der Waals surface area contributed by atoms with E-state index >= 15 is 0 Å². The average molecular weight is 504 g/mol. The van der Waals surface area contributed by atoms with Crippen molar-refractivity contribution in [2.45, 2.75) is 45.8 Å². The number of hydrogen-bond acceptors (Lipinski definition) is 5. The molecule has 1 aromatic carbocycles. The molecule has 0 saturated carbocycles. The number of urea groups is 1. The maximum absolute atomic E-state index is 13.6. The third kappa shape index (κ3) is 6.55. The molecule has 9 heteroatoms. The van der Waals surface area contributed by atoms with Crippen LogP contribution in [0.5, 0.6) is 0 Å². The number of allylic oxidation sites excluding steroid dienone is 2. The lowest BCUT2D eigenvalue weighted by atomic mass is 10.1. The van der Waals surface area contributed by atoms with Crippen LogP contribution < -0.4 is 10.2 Å². The summed E-state index contributed by atoms with van der Waals surface area (Å²) < 4.78 is 5.30. The number of nitrogens with one attached hydrogen (secondary N) is 1. The van der Waals surface area contributed by atoms with Crippen LogP contribution in [0.1, 0.15) is 39.3 Å². The Balaban J connectivity index is 1.54. The zero-order valence-electron chi connectivity index (χ0n) is 21.7. The fourth-order valence-electron chi connectivity index (χ4n) is 4.13. The molecule has 0 spiro atoms. The van der Waals surface area contributed by atoms with E-state index in [-0.39, 0.29) is 12.6 Å². The number of nitrogens with zero attached hydrogens (tertiary/aromatic N) is 4. The van der Waals surface area contributed by atoms with Gasteiger partial charge >= 0.3 is 12.1 Å². The minimum absolute atomic E-state index is 0.129. The van der Waals surface area contributed by atoms with Gasteiger partial charge in [-0.1, -0.05) is 36.4 Å². The minimum Gasteiger partial charge on any atom is -0.444 e. The molecule has 194 valence electrons. The summed E-state index contributed by atoms with van der Waals surface area (Å²) in [6.07, 6.45) is 7.71. The van der Waals surface area contributed by atoms with Crippen LogP contribution in [-0.4, -0.2) is 58.6 Å². The Morgan fingerprint density at radius 3 is 2.54 bits per heavy atom. The summed E-state index contributed by atoms with van der Waals surface area (Å²) in [5, 5.41) is 2.76. The first-order chi connectivity index (χ1) is 17.6. The van der Waals surface area contributed by atoms with Crippen LogP contribution in [0.4, 0.5) is 26.8 Å². The Bertz CT molecular complexity index is 1230. The van der Waals surface area contributed by atoms with E-state index in [0.29, 0.717) is 30.3 Å². The van der Waals surface area contributed by atoms with E-state index in [1.54, 1.807) is 42.7 Å². The lowest BCUT2D eigenvalue weighted by molar-refractivity contribution is -0.117. The standard InChI is InChI=1S/C28H33N5O4/c1-28(2,3)37-27(36)31(4)19-25(34)30-24-16-15-23-22(29-24)18-32(17-20-11-7-5-8-12-20)26(35)33(23)21-13-9-6-10-14-21/h6-7,9-16H,5,8,17-19H2,1-4H3,(H,29,30,34). The van der Waals surface area contributed by atoms with Crippen molar-refractivity contribution in [3.05, 3.63) is 72.0 Å². The third-order valence-corrected chi connectivity index (χ3v) is 5.81. The van der Waals surface area contributed by atoms with Gasteiger partial charge in [0.25, 0.3) is 0 Å². The zero-order valence-corrected chi connectivity index (χ0v) is 21.7. The van der Waals surface area contributed by atoms with Gasteiger partial charge in [0.15, 0.2) is 0 Å². The van der Waals surface area contributed by atoms with Crippen LogP contribution in [0.2, 0.25) is 0 Å². The summed E-state index contributed by atoms with van der Waals surface area (Å²) in [6.45, 7) is 5.90. The lowest BCUT2D eigenvalue weighted by Crippen LogP contribution is -2.46. The number of pyridine rings is 1. The van der Waals surface area contributed by atoms with Gasteiger partial charge in [-0.15, -0.1) is 0 Å². The van der Waals surface area contributed by atoms with Crippen molar-refractivity contribution >= 4 is 35.2 Å². The van der Waals surface area contributed by atoms with Gasteiger partial charge in [0.05, 0.1) is 23.6 Å². The fourth-order valence-corrected chi connectivity index (χ4v) is 4.13. The summed E-state index contributed by atoms with van der Waals surface area (Å²) in [5.41, 5.74) is 2.51. The van der Waals surface area contributed by atoms with Gasteiger partial charge in [-0.3, -0.25) is 9.69 Å². The first-order valence-electron chi connectivity index (χ1n) is 12.3. The number of hydrogen-bond donors (Lipinski definition) is 1. The molecule has 9 nitrogen and oxygen atoms in total. The van der Waals surface area contributed by atoms with Gasteiger partial charge in [-0.25, -0.2) is 14.6 Å². The molecule has 1 aromatic heterocycles. The van der Waals surface area contributed by atoms with E-state index in [0.717, 1.165) is 24.1 Å². The molecule has 0 fully saturated rings. The summed E-state index contributed by atoms with van der Waals surface area (Å²) >= 11 is 0. The Hall–Kier alpha value is -4.14. The molecule has 0 saturated heterocycles. The van der Waals surface area contributed by atoms with Crippen LogP contribution in [0.25, 0.3) is 0 Å². The largest absolute Gasteiger partial charge is 0.444 e. The number of aromatic nitrogens is 1. The number of carbonyl (C=O) groups is 3. The summed E-state index contributed by atoms with van der Waals surface area (Å²) in [7, 11) is 1.50. The van der Waals surface area contributed by atoms with Gasteiger partial charge in [0, 0.05) is 13.6 Å². The first-order valence-corrected chi connectivity index (χ1v) is 12.3. The summed E-state index contributed by atoms with van der Waals surface area (Å²) in [6, 6.07) is 12.8. The highest BCUT2D eigenvalue weighted by molar-refractivity contribution is 6.02. The quantitative estimate of drug-likeness (QED) is 0.582. The topological polar surface area (TPSA) is 95.1 Å². The van der Waals surface area contributed by atoms with Gasteiger partial charge in [0.2, 0.25) is 5.91 Å². The third-order valence-electron chi connectivity index (χ3n) is 5.81. The van der Waals surface area contributed by atoms with Crippen LogP contribution in [0.3, 0.4) is 0 Å². The maximum atomic E-state index is 13.6. The summed E-state index contributed by atoms with van der Waals surface area (Å²) in [4.78, 5) is 47.7. The highest BCUT2D eigenvalue weighted by Crippen LogP contribution is 2.35. The van der Waals surface area contributed by atoms with E-state index < -0.39 is 17.6 Å². The Morgan fingerprint density at radius 2 is 1.86 bits per heavy atom. The molecule has 2 heterocycles. The predicted molar refractivity (Wildman–Crippen MR) is 143 cm³/mol. The molecular weight excluding hydrogens is 470 g/mol. The van der Waals surface area contributed by atoms with Crippen molar-refractivity contribution in [1.82, 2.24) is 14.8 Å². The molecule has 1 N–H and O–H groups in total. The van der Waals surface area contributed by atoms with E-state index in [1.165, 1.54) is 11.9 Å². The maximum Gasteiger partial charge on any atom is 0.410 e. The molecule has 4 rings (SSSR count). The van der Waals surface area contributed by atoms with Gasteiger partial charge in [0.1, 0.15) is 18.0 Å². The molecular formula is C28H33N5O4. The smallest absolute Gasteiger partial charge is 0.410 e. The SMILES string of the molecule is CN(CC(=O)Nc1ccc2c(n1)CN(CC1=CCCC=C1)C(=O)N2c1ccccc1)C(=O)OC(C)(C)C. The number of anilines is 3. The lowest BCUT2D eigenvalue weighted by Gasteiger charge is -2.37. The average Bonchev–Trinajstić information content (AvgIpc) is 2.85. The molecule has 1 aliphatic heterocycles. The molecule has 0 radical (unpaired) electrons. The second-order valence-corrected chi connectivity index (χ2v) is 10.1. The molecule has 4 amide bonds. The number of ether oxygens (including phenoxy) is 1. The number of benzene rings is 1. The van der Waals surface area contributed by atoms with Crippen LogP contribution in [-0.2, 0) is 16.1 Å². The van der Waals surface area contributed by atoms with E-state index in [1.807, 2.05) is 30.3 Å². The Morgan fingerprint density at radius 1 is 1.11 bits per heavy atom. The molecule has 2 aromatic rings. The first kappa shape index (κ1) is 25.9. The number of likely N-dealkylation sites (N-methyl/N-ethyl adjacent to an activating group) is 1. The van der Waals surface area contributed by atoms with Crippen molar-refractivity contribution in [1.29, 1.82) is 0 Å². The number of rotatable bonds is 6. The van der Waals surface area contributed by atoms with Crippen molar-refractivity contribution in [3.8, 4) is 0 Å². The second kappa shape index (κ2) is 10.9. The second-order valence-electron chi connectivity index (χ2n) is 10.1. The van der Waals surface area contributed by atoms with Crippen molar-refractivity contribution < 1.29 is 19.1 Å². The van der Waals surface area contributed by atoms with E-state index in [4.69, 9.17) is 4.74 Å². The van der Waals surface area contributed by atoms with Crippen molar-refractivity contribution in [2.24, 2.45) is 0 Å². The van der Waals surface area contributed by atoms with Gasteiger partial charge < -0.3 is 19.9 Å². The number of carbonyl (C=O) groups excluding carboxylic acids is 3. The molecule has 0 atom stereocenters. The predicted octanol–water partition coefficient (Wildman–Crippen LogP) is 5.24. The van der Waals surface area contributed by atoms with Crippen molar-refractivity contribution in [3.63, 3.8) is 0 Å². The highest BCUT2D eigenvalue weighted by atomic mass is 16.6. The molecule has 2 aliphatic rings. The molecule has 0 unspecified atom stereocenters. The number of amides is 4. The number of para-hydroxylation sites is 1. The van der Waals surface area contributed by atoms with Gasteiger partial charge in [-0.05, 0) is 63.5 Å². The molecule has 37 heavy (non-hydrogen) atoms. The van der Waals surface area contributed by atoms with Crippen LogP contribution >= 0.6 is 0 Å². The monoisotopic (exact) mass is 503 g/mol. The highest BCUT2D eigenvalue weighted by Gasteiger charge is 2.33. The summed E-state index contributed by atoms with van der Waals surface area (Å²) in [5.74, 6) is -0.0533. The molecule has 1 aliphatic carbocycles. The van der Waals surface area contributed by atoms with E-state index in [9.17, 15) is 14.4 Å². The van der Waals surface area contributed by atoms with Crippen molar-refractivity contribution in [2.75, 3.05) is 30.4 Å². The number of fused-ring (bicyclic) bond motifs is 1. The van der Waals surface area contributed by atoms with Gasteiger partial charge in [-0.2, -0.15) is 0 Å². The van der Waals surface area contributed by atoms with Crippen LogP contribution in [0.15, 0.2) is 66.3 Å². The Labute approximate surface area is 217 Å². The minimum atomic E-state index is -0.654. The Kier molecular flexibility index (Phi) is 7.61. The molecule has 0 bridgehead atoms. The van der Waals surface area contributed by atoms with Crippen LogP contribution in [0, 0.1) is 0 Å². The zero-order chi connectivity index (χ0) is 26.6.